The lowest BCUT2D eigenvalue weighted by atomic mass is 10.2. The highest BCUT2D eigenvalue weighted by atomic mass is 32.2. The van der Waals surface area contributed by atoms with Gasteiger partial charge in [0, 0.05) is 30.9 Å². The van der Waals surface area contributed by atoms with Crippen LogP contribution in [-0.2, 0) is 14.8 Å². The molecule has 0 atom stereocenters. The summed E-state index contributed by atoms with van der Waals surface area (Å²) in [5, 5.41) is 0.706. The van der Waals surface area contributed by atoms with E-state index < -0.39 is 16.0 Å². The molecule has 1 aromatic carbocycles. The molecule has 3 aromatic rings. The summed E-state index contributed by atoms with van der Waals surface area (Å²) in [6.07, 6.45) is 0. The minimum atomic E-state index is -3.90. The van der Waals surface area contributed by atoms with Gasteiger partial charge in [-0.15, -0.1) is 11.3 Å². The number of sulfonamides is 1. The van der Waals surface area contributed by atoms with Crippen LogP contribution in [0.15, 0.2) is 52.0 Å². The number of benzene rings is 1. The van der Waals surface area contributed by atoms with Gasteiger partial charge in [0.2, 0.25) is 10.9 Å². The van der Waals surface area contributed by atoms with Crippen LogP contribution in [0.2, 0.25) is 0 Å². The van der Waals surface area contributed by atoms with Gasteiger partial charge < -0.3 is 14.1 Å². The predicted octanol–water partition coefficient (Wildman–Crippen LogP) is 2.82. The summed E-state index contributed by atoms with van der Waals surface area (Å²) in [5.41, 5.74) is 0. The quantitative estimate of drug-likeness (QED) is 0.557. The number of rotatable bonds is 5. The summed E-state index contributed by atoms with van der Waals surface area (Å²) < 4.78 is 38.0. The Kier molecular flexibility index (Phi) is 5.63. The fourth-order valence-corrected chi connectivity index (χ4v) is 5.64. The van der Waals surface area contributed by atoms with E-state index in [1.54, 1.807) is 11.8 Å². The fourth-order valence-electron chi connectivity index (χ4n) is 3.27. The number of nitrogens with zero attached hydrogens (tertiary/aromatic N) is 2. The third-order valence-electron chi connectivity index (χ3n) is 4.81. The van der Waals surface area contributed by atoms with Crippen molar-refractivity contribution in [2.45, 2.75) is 12.0 Å². The van der Waals surface area contributed by atoms with Gasteiger partial charge >= 0.3 is 5.97 Å². The number of hydrogen-bond donors (Lipinski definition) is 0. The first-order valence-electron chi connectivity index (χ1n) is 9.45. The SMILES string of the molecule is CCOC(=O)c1ccc(S(=O)(=O)N2CCN(C(=O)c3cc4ccccc4s3)CC2)o1. The average Bonchev–Trinajstić information content (AvgIpc) is 3.41. The molecule has 0 bridgehead atoms. The summed E-state index contributed by atoms with van der Waals surface area (Å²) in [5.74, 6) is -0.970. The van der Waals surface area contributed by atoms with E-state index in [1.807, 2.05) is 30.3 Å². The maximum absolute atomic E-state index is 12.8. The third kappa shape index (κ3) is 3.85. The number of amides is 1. The Morgan fingerprint density at radius 1 is 1.10 bits per heavy atom. The zero-order chi connectivity index (χ0) is 21.3. The number of fused-ring (bicyclic) bond motifs is 1. The second-order valence-corrected chi connectivity index (χ2v) is 9.64. The van der Waals surface area contributed by atoms with Gasteiger partial charge in [0.15, 0.2) is 0 Å². The van der Waals surface area contributed by atoms with Crippen LogP contribution in [0.4, 0.5) is 0 Å². The third-order valence-corrected chi connectivity index (χ3v) is 7.69. The van der Waals surface area contributed by atoms with Crippen molar-refractivity contribution in [1.82, 2.24) is 9.21 Å². The number of esters is 1. The van der Waals surface area contributed by atoms with Gasteiger partial charge in [0.25, 0.3) is 15.9 Å². The lowest BCUT2D eigenvalue weighted by molar-refractivity contribution is 0.0483. The Morgan fingerprint density at radius 3 is 2.53 bits per heavy atom. The van der Waals surface area contributed by atoms with Crippen LogP contribution in [-0.4, -0.2) is 62.3 Å². The second kappa shape index (κ2) is 8.21. The van der Waals surface area contributed by atoms with Crippen LogP contribution in [0, 0.1) is 0 Å². The highest BCUT2D eigenvalue weighted by molar-refractivity contribution is 7.89. The van der Waals surface area contributed by atoms with E-state index in [0.29, 0.717) is 4.88 Å². The first-order valence-corrected chi connectivity index (χ1v) is 11.7. The fraction of sp³-hybridized carbons (Fsp3) is 0.300. The summed E-state index contributed by atoms with van der Waals surface area (Å²) in [7, 11) is -3.90. The standard InChI is InChI=1S/C20H20N2O6S2/c1-2-27-20(24)15-7-8-18(28-15)30(25,26)22-11-9-21(10-12-22)19(23)17-13-14-5-3-4-6-16(14)29-17/h3-8,13H,2,9-12H2,1H3. The summed E-state index contributed by atoms with van der Waals surface area (Å²) in [4.78, 5) is 26.8. The minimum absolute atomic E-state index is 0.101. The van der Waals surface area contributed by atoms with Crippen molar-refractivity contribution in [3.8, 4) is 0 Å². The molecule has 0 spiro atoms. The van der Waals surface area contributed by atoms with Crippen LogP contribution in [0.1, 0.15) is 27.2 Å². The monoisotopic (exact) mass is 448 g/mol. The number of furan rings is 1. The summed E-state index contributed by atoms with van der Waals surface area (Å²) >= 11 is 1.43. The molecule has 1 aliphatic heterocycles. The van der Waals surface area contributed by atoms with Crippen LogP contribution >= 0.6 is 11.3 Å². The van der Waals surface area contributed by atoms with Gasteiger partial charge in [-0.1, -0.05) is 18.2 Å². The molecule has 1 amide bonds. The van der Waals surface area contributed by atoms with Gasteiger partial charge in [-0.2, -0.15) is 4.31 Å². The van der Waals surface area contributed by atoms with Crippen molar-refractivity contribution in [2.24, 2.45) is 0 Å². The number of piperazine rings is 1. The zero-order valence-corrected chi connectivity index (χ0v) is 17.9. The molecule has 4 rings (SSSR count). The number of thiophene rings is 1. The van der Waals surface area contributed by atoms with E-state index in [-0.39, 0.29) is 49.5 Å². The van der Waals surface area contributed by atoms with E-state index in [9.17, 15) is 18.0 Å². The molecule has 2 aromatic heterocycles. The lowest BCUT2D eigenvalue weighted by Crippen LogP contribution is -2.50. The highest BCUT2D eigenvalue weighted by Gasteiger charge is 2.33. The number of ether oxygens (including phenoxy) is 1. The maximum Gasteiger partial charge on any atom is 0.374 e. The molecule has 30 heavy (non-hydrogen) atoms. The Morgan fingerprint density at radius 2 is 1.83 bits per heavy atom. The number of hydrogen-bond acceptors (Lipinski definition) is 7. The lowest BCUT2D eigenvalue weighted by Gasteiger charge is -2.33. The molecule has 0 unspecified atom stereocenters. The molecule has 158 valence electrons. The van der Waals surface area contributed by atoms with Gasteiger partial charge in [-0.3, -0.25) is 4.79 Å². The van der Waals surface area contributed by atoms with Crippen molar-refractivity contribution < 1.29 is 27.2 Å². The average molecular weight is 449 g/mol. The molecule has 1 saturated heterocycles. The summed E-state index contributed by atoms with van der Waals surface area (Å²) in [6, 6.07) is 12.2. The van der Waals surface area contributed by atoms with E-state index in [1.165, 1.54) is 27.8 Å². The first kappa shape index (κ1) is 20.6. The van der Waals surface area contributed by atoms with Crippen molar-refractivity contribution in [2.75, 3.05) is 32.8 Å². The number of carbonyl (C=O) groups excluding carboxylic acids is 2. The topological polar surface area (TPSA) is 97.1 Å². The highest BCUT2D eigenvalue weighted by Crippen LogP contribution is 2.27. The van der Waals surface area contributed by atoms with Crippen molar-refractivity contribution in [3.05, 3.63) is 53.1 Å². The van der Waals surface area contributed by atoms with E-state index in [0.717, 1.165) is 10.1 Å². The molecular formula is C20H20N2O6S2. The Hall–Kier alpha value is -2.69. The molecule has 1 fully saturated rings. The summed E-state index contributed by atoms with van der Waals surface area (Å²) in [6.45, 7) is 2.66. The van der Waals surface area contributed by atoms with Gasteiger partial charge in [0.05, 0.1) is 11.5 Å². The second-order valence-electron chi connectivity index (χ2n) is 6.68. The Labute approximate surface area is 177 Å². The largest absolute Gasteiger partial charge is 0.460 e. The van der Waals surface area contributed by atoms with E-state index in [2.05, 4.69) is 0 Å². The smallest absolute Gasteiger partial charge is 0.374 e. The molecule has 10 heteroatoms. The van der Waals surface area contributed by atoms with Crippen LogP contribution in [0.25, 0.3) is 10.1 Å². The van der Waals surface area contributed by atoms with Crippen molar-refractivity contribution in [1.29, 1.82) is 0 Å². The van der Waals surface area contributed by atoms with Crippen LogP contribution in [0.3, 0.4) is 0 Å². The molecule has 8 nitrogen and oxygen atoms in total. The molecular weight excluding hydrogens is 428 g/mol. The van der Waals surface area contributed by atoms with E-state index in [4.69, 9.17) is 9.15 Å². The molecule has 0 N–H and O–H groups in total. The normalized spacial score (nSPS) is 15.4. The van der Waals surface area contributed by atoms with Crippen molar-refractivity contribution in [3.63, 3.8) is 0 Å². The Bertz CT molecular complexity index is 1160. The Balaban J connectivity index is 1.43. The molecule has 0 radical (unpaired) electrons. The molecule has 0 aliphatic carbocycles. The molecule has 1 aliphatic rings. The van der Waals surface area contributed by atoms with Crippen LogP contribution < -0.4 is 0 Å². The van der Waals surface area contributed by atoms with Gasteiger partial charge in [-0.25, -0.2) is 13.2 Å². The van der Waals surface area contributed by atoms with Gasteiger partial charge in [-0.05, 0) is 36.6 Å². The van der Waals surface area contributed by atoms with E-state index >= 15 is 0 Å². The first-order chi connectivity index (χ1) is 14.4. The van der Waals surface area contributed by atoms with Crippen molar-refractivity contribution >= 4 is 43.3 Å². The minimum Gasteiger partial charge on any atom is -0.460 e. The number of carbonyl (C=O) groups is 2. The van der Waals surface area contributed by atoms with Gasteiger partial charge in [0.1, 0.15) is 0 Å². The zero-order valence-electron chi connectivity index (χ0n) is 16.2. The molecule has 0 saturated carbocycles. The van der Waals surface area contributed by atoms with Crippen LogP contribution in [0.5, 0.6) is 0 Å². The molecule has 3 heterocycles. The maximum atomic E-state index is 12.8. The predicted molar refractivity (Wildman–Crippen MR) is 111 cm³/mol.